The van der Waals surface area contributed by atoms with Gasteiger partial charge in [0.2, 0.25) is 0 Å². The molecule has 0 heterocycles. The molecule has 0 saturated carbocycles. The van der Waals surface area contributed by atoms with Crippen molar-refractivity contribution < 1.29 is 19.4 Å². The van der Waals surface area contributed by atoms with E-state index in [1.54, 1.807) is 6.92 Å². The van der Waals surface area contributed by atoms with Crippen LogP contribution in [0.3, 0.4) is 0 Å². The number of nitro benzene ring substituents is 2. The second-order valence-corrected chi connectivity index (χ2v) is 5.44. The number of benzene rings is 1. The van der Waals surface area contributed by atoms with Gasteiger partial charge < -0.3 is 4.74 Å². The van der Waals surface area contributed by atoms with Crippen molar-refractivity contribution in [3.05, 3.63) is 38.4 Å². The minimum Gasteiger partial charge on any atom is -0.446 e. The highest BCUT2D eigenvalue weighted by Crippen LogP contribution is 2.26. The molecule has 1 N–H and O–H groups in total. The van der Waals surface area contributed by atoms with Gasteiger partial charge in [0.15, 0.2) is 0 Å². The molecule has 1 rings (SSSR count). The maximum Gasteiger partial charge on any atom is 0.411 e. The molecule has 0 bridgehead atoms. The maximum atomic E-state index is 11.8. The second-order valence-electron chi connectivity index (χ2n) is 5.44. The lowest BCUT2D eigenvalue weighted by Gasteiger charge is -2.13. The number of ether oxygens (including phenoxy) is 1. The first kappa shape index (κ1) is 19.3. The maximum absolute atomic E-state index is 11.8. The molecule has 0 aliphatic heterocycles. The van der Waals surface area contributed by atoms with Crippen molar-refractivity contribution in [2.75, 3.05) is 5.32 Å². The van der Waals surface area contributed by atoms with E-state index in [1.807, 2.05) is 0 Å². The van der Waals surface area contributed by atoms with Crippen LogP contribution in [0.2, 0.25) is 0 Å². The Hall–Kier alpha value is -2.71. The van der Waals surface area contributed by atoms with Gasteiger partial charge in [-0.1, -0.05) is 26.2 Å². The number of rotatable bonds is 9. The normalized spacial score (nSPS) is 11.6. The summed E-state index contributed by atoms with van der Waals surface area (Å²) in [6, 6.07) is 2.91. The lowest BCUT2D eigenvalue weighted by atomic mass is 10.1. The van der Waals surface area contributed by atoms with Crippen LogP contribution in [0.4, 0.5) is 21.9 Å². The number of anilines is 1. The van der Waals surface area contributed by atoms with Crippen molar-refractivity contribution in [1.29, 1.82) is 0 Å². The summed E-state index contributed by atoms with van der Waals surface area (Å²) in [7, 11) is 0. The van der Waals surface area contributed by atoms with Crippen molar-refractivity contribution in [2.45, 2.75) is 52.1 Å². The lowest BCUT2D eigenvalue weighted by Crippen LogP contribution is -2.20. The van der Waals surface area contributed by atoms with Crippen LogP contribution in [0.25, 0.3) is 0 Å². The van der Waals surface area contributed by atoms with E-state index < -0.39 is 27.3 Å². The van der Waals surface area contributed by atoms with Crippen molar-refractivity contribution in [1.82, 2.24) is 0 Å². The van der Waals surface area contributed by atoms with E-state index in [-0.39, 0.29) is 11.8 Å². The van der Waals surface area contributed by atoms with Crippen molar-refractivity contribution in [3.63, 3.8) is 0 Å². The summed E-state index contributed by atoms with van der Waals surface area (Å²) >= 11 is 0. The molecule has 0 saturated heterocycles. The van der Waals surface area contributed by atoms with Gasteiger partial charge in [0.25, 0.3) is 11.4 Å². The van der Waals surface area contributed by atoms with Crippen LogP contribution in [-0.4, -0.2) is 22.0 Å². The number of hydrogen-bond donors (Lipinski definition) is 1. The lowest BCUT2D eigenvalue weighted by molar-refractivity contribution is -0.394. The van der Waals surface area contributed by atoms with Crippen molar-refractivity contribution in [2.24, 2.45) is 0 Å². The van der Waals surface area contributed by atoms with Crippen LogP contribution in [0.1, 0.15) is 46.0 Å². The number of nitrogens with one attached hydrogen (secondary N) is 1. The summed E-state index contributed by atoms with van der Waals surface area (Å²) in [4.78, 5) is 31.9. The summed E-state index contributed by atoms with van der Waals surface area (Å²) in [5, 5.41) is 23.9. The first-order valence-corrected chi connectivity index (χ1v) is 7.75. The highest BCUT2D eigenvalue weighted by atomic mass is 16.6. The Balaban J connectivity index is 2.65. The molecular weight excluding hydrogens is 318 g/mol. The highest BCUT2D eigenvalue weighted by molar-refractivity contribution is 5.85. The first-order chi connectivity index (χ1) is 11.3. The molecule has 0 aliphatic rings. The molecule has 0 spiro atoms. The summed E-state index contributed by atoms with van der Waals surface area (Å²) in [6.45, 7) is 3.85. The summed E-state index contributed by atoms with van der Waals surface area (Å²) in [6.07, 6.45) is 3.83. The summed E-state index contributed by atoms with van der Waals surface area (Å²) in [5.74, 6) is 0. The van der Waals surface area contributed by atoms with Crippen LogP contribution in [-0.2, 0) is 4.74 Å². The molecule has 0 fully saturated rings. The minimum atomic E-state index is -0.798. The average Bonchev–Trinajstić information content (AvgIpc) is 2.50. The molecule has 1 aromatic carbocycles. The zero-order valence-corrected chi connectivity index (χ0v) is 13.7. The van der Waals surface area contributed by atoms with Crippen LogP contribution < -0.4 is 5.32 Å². The van der Waals surface area contributed by atoms with Gasteiger partial charge in [0.05, 0.1) is 21.6 Å². The molecular formula is C15H21N3O6. The number of carbonyl (C=O) groups excluding carboxylic acids is 1. The first-order valence-electron chi connectivity index (χ1n) is 7.75. The Morgan fingerprint density at radius 3 is 2.21 bits per heavy atom. The van der Waals surface area contributed by atoms with E-state index in [0.717, 1.165) is 43.9 Å². The average molecular weight is 339 g/mol. The van der Waals surface area contributed by atoms with E-state index >= 15 is 0 Å². The van der Waals surface area contributed by atoms with E-state index in [1.165, 1.54) is 0 Å². The quantitative estimate of drug-likeness (QED) is 0.403. The van der Waals surface area contributed by atoms with Gasteiger partial charge in [-0.15, -0.1) is 0 Å². The molecule has 9 nitrogen and oxygen atoms in total. The van der Waals surface area contributed by atoms with E-state index in [4.69, 9.17) is 4.74 Å². The smallest absolute Gasteiger partial charge is 0.411 e. The van der Waals surface area contributed by atoms with E-state index in [0.29, 0.717) is 6.42 Å². The van der Waals surface area contributed by atoms with E-state index in [2.05, 4.69) is 12.2 Å². The van der Waals surface area contributed by atoms with Gasteiger partial charge in [-0.2, -0.15) is 0 Å². The molecule has 1 aromatic rings. The number of non-ortho nitro benzene ring substituents is 2. The zero-order valence-electron chi connectivity index (χ0n) is 13.7. The Morgan fingerprint density at radius 1 is 1.12 bits per heavy atom. The third-order valence-corrected chi connectivity index (χ3v) is 3.34. The van der Waals surface area contributed by atoms with Crippen LogP contribution in [0.5, 0.6) is 0 Å². The molecule has 0 aliphatic carbocycles. The predicted octanol–water partition coefficient (Wildman–Crippen LogP) is 4.41. The SMILES string of the molecule is CCCCCC[C@@H](C)OC(=O)Nc1cc([N+](=O)[O-])cc([N+](=O)[O-])c1. The molecule has 0 unspecified atom stereocenters. The van der Waals surface area contributed by atoms with Gasteiger partial charge in [0, 0.05) is 12.1 Å². The van der Waals surface area contributed by atoms with Gasteiger partial charge in [0.1, 0.15) is 6.10 Å². The Bertz CT molecular complexity index is 573. The fraction of sp³-hybridized carbons (Fsp3) is 0.533. The molecule has 9 heteroatoms. The molecule has 132 valence electrons. The number of nitrogens with zero attached hydrogens (tertiary/aromatic N) is 2. The largest absolute Gasteiger partial charge is 0.446 e. The Morgan fingerprint density at radius 2 is 1.71 bits per heavy atom. The van der Waals surface area contributed by atoms with Gasteiger partial charge in [-0.25, -0.2) is 4.79 Å². The second kappa shape index (κ2) is 9.43. The minimum absolute atomic E-state index is 0.0564. The number of carbonyl (C=O) groups is 1. The third kappa shape index (κ3) is 6.59. The Kier molecular flexibility index (Phi) is 7.60. The highest BCUT2D eigenvalue weighted by Gasteiger charge is 2.18. The summed E-state index contributed by atoms with van der Waals surface area (Å²) in [5.41, 5.74) is -1.02. The van der Waals surface area contributed by atoms with Gasteiger partial charge in [-0.05, 0) is 19.8 Å². The molecule has 0 aromatic heterocycles. The van der Waals surface area contributed by atoms with Crippen molar-refractivity contribution >= 4 is 23.2 Å². The number of unbranched alkanes of at least 4 members (excludes halogenated alkanes) is 3. The monoisotopic (exact) mass is 339 g/mol. The van der Waals surface area contributed by atoms with Gasteiger partial charge >= 0.3 is 6.09 Å². The topological polar surface area (TPSA) is 125 Å². The molecule has 1 amide bonds. The molecule has 24 heavy (non-hydrogen) atoms. The van der Waals surface area contributed by atoms with Crippen molar-refractivity contribution in [3.8, 4) is 0 Å². The van der Waals surface area contributed by atoms with Crippen LogP contribution in [0, 0.1) is 20.2 Å². The Labute approximate surface area is 139 Å². The number of hydrogen-bond acceptors (Lipinski definition) is 6. The van der Waals surface area contributed by atoms with Gasteiger partial charge in [-0.3, -0.25) is 25.5 Å². The number of nitro groups is 2. The molecule has 1 atom stereocenters. The summed E-state index contributed by atoms with van der Waals surface area (Å²) < 4.78 is 5.15. The van der Waals surface area contributed by atoms with Crippen LogP contribution >= 0.6 is 0 Å². The van der Waals surface area contributed by atoms with Crippen LogP contribution in [0.15, 0.2) is 18.2 Å². The van der Waals surface area contributed by atoms with E-state index in [9.17, 15) is 25.0 Å². The zero-order chi connectivity index (χ0) is 18.1. The fourth-order valence-corrected chi connectivity index (χ4v) is 2.13. The number of amides is 1. The standard InChI is InChI=1S/C15H21N3O6/c1-3-4-5-6-7-11(2)24-15(19)16-12-8-13(17(20)21)10-14(9-12)18(22)23/h8-11H,3-7H2,1-2H3,(H,16,19)/t11-/m1/s1. The fourth-order valence-electron chi connectivity index (χ4n) is 2.13. The molecule has 0 radical (unpaired) electrons. The third-order valence-electron chi connectivity index (χ3n) is 3.34. The predicted molar refractivity (Wildman–Crippen MR) is 88.1 cm³/mol.